The molecule has 1 N–H and O–H groups in total. The highest BCUT2D eigenvalue weighted by atomic mass is 16.5. The summed E-state index contributed by atoms with van der Waals surface area (Å²) in [5.74, 6) is 1.72. The Morgan fingerprint density at radius 3 is 2.26 bits per heavy atom. The lowest BCUT2D eigenvalue weighted by atomic mass is 9.33. The van der Waals surface area contributed by atoms with Crippen molar-refractivity contribution in [1.29, 1.82) is 0 Å². The molecule has 4 saturated carbocycles. The van der Waals surface area contributed by atoms with Crippen LogP contribution in [-0.4, -0.2) is 24.3 Å². The van der Waals surface area contributed by atoms with E-state index in [0.717, 1.165) is 32.1 Å². The van der Waals surface area contributed by atoms with Gasteiger partial charge in [-0.2, -0.15) is 0 Å². The van der Waals surface area contributed by atoms with Crippen LogP contribution in [0.15, 0.2) is 11.6 Å². The largest absolute Gasteiger partial charge is 0.469 e. The van der Waals surface area contributed by atoms with Gasteiger partial charge in [-0.1, -0.05) is 53.2 Å². The molecular formula is C31H50O3. The number of esters is 1. The average molecular weight is 471 g/mol. The highest BCUT2D eigenvalue weighted by Crippen LogP contribution is 2.75. The Kier molecular flexibility index (Phi) is 5.38. The maximum atomic E-state index is 12.8. The lowest BCUT2D eigenvalue weighted by Crippen LogP contribution is -2.64. The second-order valence-corrected chi connectivity index (χ2v) is 15.1. The number of allylic oxidation sites excluding steroid dienone is 2. The van der Waals surface area contributed by atoms with Crippen LogP contribution in [0.5, 0.6) is 0 Å². The second kappa shape index (κ2) is 7.36. The summed E-state index contributed by atoms with van der Waals surface area (Å²) in [4.78, 5) is 12.8. The highest BCUT2D eigenvalue weighted by molar-refractivity contribution is 5.76. The number of rotatable bonds is 1. The molecule has 5 aliphatic carbocycles. The molecule has 4 fully saturated rings. The summed E-state index contributed by atoms with van der Waals surface area (Å²) in [6.07, 6.45) is 13.8. The predicted octanol–water partition coefficient (Wildman–Crippen LogP) is 7.32. The standard InChI is InChI=1S/C31H50O3/c1-26(2)22-11-14-31(7)23(29(22,5)13-12-24(26)32)10-9-20-21-19-28(4,25(33)34-8)16-15-27(21,3)17-18-30(20,31)6/h9,21-24,32H,10-19H2,1-8H3/t21-,22+,23+,24-,27+,28-,29-,30+,31+/m0/s1. The lowest BCUT2D eigenvalue weighted by molar-refractivity contribution is -0.203. The molecule has 0 heterocycles. The Labute approximate surface area is 208 Å². The van der Waals surface area contributed by atoms with Gasteiger partial charge >= 0.3 is 5.97 Å². The van der Waals surface area contributed by atoms with E-state index < -0.39 is 0 Å². The van der Waals surface area contributed by atoms with Gasteiger partial charge in [0.25, 0.3) is 0 Å². The van der Waals surface area contributed by atoms with Crippen LogP contribution in [0.25, 0.3) is 0 Å². The van der Waals surface area contributed by atoms with Gasteiger partial charge in [-0.25, -0.2) is 0 Å². The van der Waals surface area contributed by atoms with E-state index >= 15 is 0 Å². The van der Waals surface area contributed by atoms with Crippen LogP contribution in [0.4, 0.5) is 0 Å². The smallest absolute Gasteiger partial charge is 0.311 e. The molecule has 0 aromatic carbocycles. The first-order valence-corrected chi connectivity index (χ1v) is 14.2. The molecule has 0 aromatic rings. The number of methoxy groups -OCH3 is 1. The summed E-state index contributed by atoms with van der Waals surface area (Å²) in [5, 5.41) is 10.9. The summed E-state index contributed by atoms with van der Waals surface area (Å²) in [5.41, 5.74) is 2.39. The molecule has 0 aromatic heterocycles. The molecule has 0 saturated heterocycles. The normalized spacial score (nSPS) is 54.0. The number of fused-ring (bicyclic) bond motifs is 7. The molecule has 192 valence electrons. The molecule has 9 atom stereocenters. The molecule has 5 rings (SSSR count). The quantitative estimate of drug-likeness (QED) is 0.322. The van der Waals surface area contributed by atoms with Crippen molar-refractivity contribution in [2.24, 2.45) is 50.2 Å². The fourth-order valence-corrected chi connectivity index (χ4v) is 10.8. The van der Waals surface area contributed by atoms with E-state index in [1.54, 1.807) is 12.7 Å². The molecule has 0 bridgehead atoms. The van der Waals surface area contributed by atoms with Gasteiger partial charge in [0.05, 0.1) is 18.6 Å². The van der Waals surface area contributed by atoms with E-state index in [1.807, 2.05) is 0 Å². The van der Waals surface area contributed by atoms with Gasteiger partial charge in [-0.05, 0) is 116 Å². The zero-order chi connectivity index (χ0) is 24.9. The number of aliphatic hydroxyl groups is 1. The topological polar surface area (TPSA) is 46.5 Å². The van der Waals surface area contributed by atoms with Gasteiger partial charge in [0.15, 0.2) is 0 Å². The number of hydrogen-bond donors (Lipinski definition) is 1. The van der Waals surface area contributed by atoms with Crippen molar-refractivity contribution in [2.75, 3.05) is 7.11 Å². The number of carbonyl (C=O) groups excluding carboxylic acids is 1. The SMILES string of the molecule is COC(=O)[C@@]1(C)CC[C@]2(C)CC[C@]3(C)C(=CC[C@@H]4[C@@]5(C)CC[C@H](O)C(C)(C)[C@H]5CC[C@]43C)[C@@H]2C1. The van der Waals surface area contributed by atoms with Gasteiger partial charge in [-0.15, -0.1) is 0 Å². The lowest BCUT2D eigenvalue weighted by Gasteiger charge is -2.71. The third-order valence-electron chi connectivity index (χ3n) is 13.5. The average Bonchev–Trinajstić information content (AvgIpc) is 2.77. The monoisotopic (exact) mass is 470 g/mol. The van der Waals surface area contributed by atoms with Crippen molar-refractivity contribution in [3.05, 3.63) is 11.6 Å². The number of hydrogen-bond acceptors (Lipinski definition) is 3. The highest BCUT2D eigenvalue weighted by Gasteiger charge is 2.68. The van der Waals surface area contributed by atoms with Crippen molar-refractivity contribution in [1.82, 2.24) is 0 Å². The zero-order valence-corrected chi connectivity index (χ0v) is 23.2. The fraction of sp³-hybridized carbons (Fsp3) is 0.903. The van der Waals surface area contributed by atoms with Gasteiger partial charge < -0.3 is 9.84 Å². The van der Waals surface area contributed by atoms with Gasteiger partial charge in [0.2, 0.25) is 0 Å². The third-order valence-corrected chi connectivity index (χ3v) is 13.5. The molecule has 0 amide bonds. The summed E-state index contributed by atoms with van der Waals surface area (Å²) in [6.45, 7) is 17.1. The molecule has 0 radical (unpaired) electrons. The first kappa shape index (κ1) is 24.8. The first-order valence-electron chi connectivity index (χ1n) is 14.2. The van der Waals surface area contributed by atoms with E-state index in [2.05, 4.69) is 54.5 Å². The van der Waals surface area contributed by atoms with Crippen molar-refractivity contribution in [3.63, 3.8) is 0 Å². The van der Waals surface area contributed by atoms with Crippen LogP contribution >= 0.6 is 0 Å². The van der Waals surface area contributed by atoms with Gasteiger partial charge in [-0.3, -0.25) is 4.79 Å². The van der Waals surface area contributed by atoms with Crippen LogP contribution in [0.3, 0.4) is 0 Å². The van der Waals surface area contributed by atoms with E-state index in [4.69, 9.17) is 4.74 Å². The Morgan fingerprint density at radius 2 is 1.59 bits per heavy atom. The molecule has 5 aliphatic rings. The molecular weight excluding hydrogens is 420 g/mol. The predicted molar refractivity (Wildman–Crippen MR) is 137 cm³/mol. The summed E-state index contributed by atoms with van der Waals surface area (Å²) < 4.78 is 5.29. The minimum Gasteiger partial charge on any atom is -0.469 e. The first-order chi connectivity index (χ1) is 15.7. The molecule has 3 heteroatoms. The van der Waals surface area contributed by atoms with Gasteiger partial charge in [0.1, 0.15) is 0 Å². The molecule has 0 aliphatic heterocycles. The summed E-state index contributed by atoms with van der Waals surface area (Å²) in [6, 6.07) is 0. The van der Waals surface area contributed by atoms with E-state index in [9.17, 15) is 9.90 Å². The van der Waals surface area contributed by atoms with Gasteiger partial charge in [0, 0.05) is 0 Å². The number of carbonyl (C=O) groups is 1. The molecule has 34 heavy (non-hydrogen) atoms. The van der Waals surface area contributed by atoms with Crippen molar-refractivity contribution in [2.45, 2.75) is 119 Å². The summed E-state index contributed by atoms with van der Waals surface area (Å²) in [7, 11) is 1.56. The fourth-order valence-electron chi connectivity index (χ4n) is 10.8. The van der Waals surface area contributed by atoms with Crippen molar-refractivity contribution >= 4 is 5.97 Å². The Hall–Kier alpha value is -0.830. The Bertz CT molecular complexity index is 904. The number of ether oxygens (including phenoxy) is 1. The summed E-state index contributed by atoms with van der Waals surface area (Å²) >= 11 is 0. The molecule has 3 nitrogen and oxygen atoms in total. The van der Waals surface area contributed by atoms with E-state index in [1.165, 1.54) is 32.1 Å². The second-order valence-electron chi connectivity index (χ2n) is 15.1. The number of aliphatic hydroxyl groups excluding tert-OH is 1. The van der Waals surface area contributed by atoms with Crippen LogP contribution < -0.4 is 0 Å². The van der Waals surface area contributed by atoms with E-state index in [-0.39, 0.29) is 39.1 Å². The molecule has 0 unspecified atom stereocenters. The molecule has 0 spiro atoms. The van der Waals surface area contributed by atoms with Crippen LogP contribution in [0, 0.1) is 50.2 Å². The third kappa shape index (κ3) is 2.94. The Morgan fingerprint density at radius 1 is 0.912 bits per heavy atom. The maximum absolute atomic E-state index is 12.8. The minimum atomic E-state index is -0.358. The zero-order valence-electron chi connectivity index (χ0n) is 23.2. The van der Waals surface area contributed by atoms with Crippen molar-refractivity contribution < 1.29 is 14.6 Å². The van der Waals surface area contributed by atoms with Crippen molar-refractivity contribution in [3.8, 4) is 0 Å². The Balaban J connectivity index is 1.56. The van der Waals surface area contributed by atoms with Crippen LogP contribution in [-0.2, 0) is 9.53 Å². The van der Waals surface area contributed by atoms with E-state index in [0.29, 0.717) is 23.2 Å². The van der Waals surface area contributed by atoms with Crippen LogP contribution in [0.1, 0.15) is 113 Å². The van der Waals surface area contributed by atoms with Crippen LogP contribution in [0.2, 0.25) is 0 Å². The minimum absolute atomic E-state index is 0.00391. The maximum Gasteiger partial charge on any atom is 0.311 e.